The molecule has 2 aliphatic rings. The van der Waals surface area contributed by atoms with E-state index in [4.69, 9.17) is 9.47 Å². The van der Waals surface area contributed by atoms with Crippen molar-refractivity contribution in [2.45, 2.75) is 20.8 Å². The van der Waals surface area contributed by atoms with Gasteiger partial charge in [-0.3, -0.25) is 14.7 Å². The number of nitrogens with zero attached hydrogens (tertiary/aromatic N) is 2. The molecule has 22 heavy (non-hydrogen) atoms. The van der Waals surface area contributed by atoms with Gasteiger partial charge < -0.3 is 9.47 Å². The first-order valence-electron chi connectivity index (χ1n) is 7.30. The van der Waals surface area contributed by atoms with Crippen molar-refractivity contribution in [3.8, 4) is 11.5 Å². The van der Waals surface area contributed by atoms with Crippen LogP contribution in [0, 0.1) is 6.92 Å². The highest BCUT2D eigenvalue weighted by Crippen LogP contribution is 2.37. The maximum atomic E-state index is 12.5. The average Bonchev–Trinajstić information content (AvgIpc) is 3.05. The summed E-state index contributed by atoms with van der Waals surface area (Å²) in [6, 6.07) is 3.86. The van der Waals surface area contributed by atoms with Crippen LogP contribution in [-0.2, 0) is 4.79 Å². The fourth-order valence-corrected chi connectivity index (χ4v) is 3.49. The number of likely N-dealkylation sites (N-methyl/N-ethyl adjacent to an activating group) is 1. The first-order valence-corrected chi connectivity index (χ1v) is 8.11. The van der Waals surface area contributed by atoms with Crippen molar-refractivity contribution >= 4 is 28.9 Å². The van der Waals surface area contributed by atoms with Crippen molar-refractivity contribution in [3.05, 3.63) is 28.2 Å². The van der Waals surface area contributed by atoms with E-state index >= 15 is 0 Å². The van der Waals surface area contributed by atoms with Gasteiger partial charge in [0.15, 0.2) is 16.7 Å². The maximum Gasteiger partial charge on any atom is 0.266 e. The zero-order valence-electron chi connectivity index (χ0n) is 12.9. The van der Waals surface area contributed by atoms with E-state index < -0.39 is 0 Å². The molecule has 1 saturated heterocycles. The molecule has 2 aliphatic heterocycles. The summed E-state index contributed by atoms with van der Waals surface area (Å²) in [5.41, 5.74) is 2.02. The zero-order chi connectivity index (χ0) is 15.7. The number of carbonyl (C=O) groups is 1. The molecule has 6 heteroatoms. The van der Waals surface area contributed by atoms with Crippen LogP contribution in [0.1, 0.15) is 25.0 Å². The lowest BCUT2D eigenvalue weighted by molar-refractivity contribution is -0.122. The van der Waals surface area contributed by atoms with Crippen molar-refractivity contribution in [2.75, 3.05) is 19.9 Å². The van der Waals surface area contributed by atoms with Crippen LogP contribution in [0.15, 0.2) is 22.0 Å². The third-order valence-electron chi connectivity index (χ3n) is 3.55. The maximum absolute atomic E-state index is 12.5. The van der Waals surface area contributed by atoms with E-state index in [9.17, 15) is 4.79 Å². The SMILES string of the molecule is CCN=C1S/C(=C/c2cc3c(cc2C)OCO3)C(=O)N1CC. The van der Waals surface area contributed by atoms with Crippen LogP contribution in [-0.4, -0.2) is 35.9 Å². The van der Waals surface area contributed by atoms with Gasteiger partial charge in [0.2, 0.25) is 6.79 Å². The number of hydrogen-bond acceptors (Lipinski definition) is 5. The van der Waals surface area contributed by atoms with Crippen LogP contribution in [0.25, 0.3) is 6.08 Å². The van der Waals surface area contributed by atoms with Gasteiger partial charge in [0.05, 0.1) is 4.91 Å². The molecule has 0 N–H and O–H groups in total. The summed E-state index contributed by atoms with van der Waals surface area (Å²) in [4.78, 5) is 19.3. The van der Waals surface area contributed by atoms with Gasteiger partial charge in [-0.2, -0.15) is 0 Å². The highest BCUT2D eigenvalue weighted by molar-refractivity contribution is 8.18. The molecular formula is C16H18N2O3S. The van der Waals surface area contributed by atoms with Crippen molar-refractivity contribution in [2.24, 2.45) is 4.99 Å². The predicted molar refractivity (Wildman–Crippen MR) is 88.2 cm³/mol. The molecule has 0 bridgehead atoms. The smallest absolute Gasteiger partial charge is 0.266 e. The number of amides is 1. The highest BCUT2D eigenvalue weighted by Gasteiger charge is 2.32. The second-order valence-corrected chi connectivity index (χ2v) is 5.99. The summed E-state index contributed by atoms with van der Waals surface area (Å²) >= 11 is 1.43. The van der Waals surface area contributed by atoms with Gasteiger partial charge in [0, 0.05) is 13.1 Å². The Balaban J connectivity index is 1.96. The van der Waals surface area contributed by atoms with E-state index in [1.807, 2.05) is 39.0 Å². The number of carbonyl (C=O) groups excluding carboxylic acids is 1. The summed E-state index contributed by atoms with van der Waals surface area (Å²) in [6.07, 6.45) is 1.91. The minimum Gasteiger partial charge on any atom is -0.454 e. The van der Waals surface area contributed by atoms with E-state index in [1.165, 1.54) is 11.8 Å². The lowest BCUT2D eigenvalue weighted by Gasteiger charge is -2.11. The highest BCUT2D eigenvalue weighted by atomic mass is 32.2. The monoisotopic (exact) mass is 318 g/mol. The van der Waals surface area contributed by atoms with Crippen molar-refractivity contribution in [1.82, 2.24) is 4.90 Å². The minimum absolute atomic E-state index is 0.0109. The topological polar surface area (TPSA) is 51.1 Å². The molecule has 116 valence electrons. The average molecular weight is 318 g/mol. The second-order valence-electron chi connectivity index (χ2n) is 4.98. The Bertz CT molecular complexity index is 682. The summed E-state index contributed by atoms with van der Waals surface area (Å²) in [7, 11) is 0. The van der Waals surface area contributed by atoms with E-state index in [1.54, 1.807) is 4.90 Å². The molecule has 1 aromatic rings. The van der Waals surface area contributed by atoms with Gasteiger partial charge in [0.1, 0.15) is 0 Å². The lowest BCUT2D eigenvalue weighted by atomic mass is 10.1. The molecule has 1 aromatic carbocycles. The summed E-state index contributed by atoms with van der Waals surface area (Å²) in [5.74, 6) is 1.49. The molecule has 0 spiro atoms. The first kappa shape index (κ1) is 15.0. The van der Waals surface area contributed by atoms with Crippen LogP contribution in [0.4, 0.5) is 0 Å². The normalized spacial score (nSPS) is 20.5. The van der Waals surface area contributed by atoms with Gasteiger partial charge in [-0.05, 0) is 61.9 Å². The van der Waals surface area contributed by atoms with Crippen LogP contribution >= 0.6 is 11.8 Å². The second kappa shape index (κ2) is 6.04. The van der Waals surface area contributed by atoms with Crippen LogP contribution in [0.2, 0.25) is 0 Å². The Labute approximate surface area is 134 Å². The summed E-state index contributed by atoms with van der Waals surface area (Å²) in [6.45, 7) is 7.47. The standard InChI is InChI=1S/C16H18N2O3S/c1-4-17-16-18(5-2)15(19)14(22-16)8-11-7-13-12(6-10(11)3)20-9-21-13/h6-8H,4-5,9H2,1-3H3/b14-8+,17-16?. The Morgan fingerprint density at radius 3 is 2.73 bits per heavy atom. The number of hydrogen-bond donors (Lipinski definition) is 0. The summed E-state index contributed by atoms with van der Waals surface area (Å²) in [5, 5.41) is 0.777. The minimum atomic E-state index is 0.0109. The first-order chi connectivity index (χ1) is 10.6. The van der Waals surface area contributed by atoms with Crippen molar-refractivity contribution < 1.29 is 14.3 Å². The molecule has 2 heterocycles. The Morgan fingerprint density at radius 1 is 1.32 bits per heavy atom. The Kier molecular flexibility index (Phi) is 4.11. The van der Waals surface area contributed by atoms with Crippen LogP contribution < -0.4 is 9.47 Å². The molecule has 0 saturated carbocycles. The number of thioether (sulfide) groups is 1. The molecule has 0 unspecified atom stereocenters. The zero-order valence-corrected chi connectivity index (χ0v) is 13.7. The molecular weight excluding hydrogens is 300 g/mol. The van der Waals surface area contributed by atoms with E-state index in [0.717, 1.165) is 27.8 Å². The quantitative estimate of drug-likeness (QED) is 0.804. The van der Waals surface area contributed by atoms with E-state index in [0.29, 0.717) is 18.0 Å². The molecule has 3 rings (SSSR count). The predicted octanol–water partition coefficient (Wildman–Crippen LogP) is 3.04. The van der Waals surface area contributed by atoms with Gasteiger partial charge in [-0.25, -0.2) is 0 Å². The molecule has 0 aromatic heterocycles. The number of amidine groups is 1. The largest absolute Gasteiger partial charge is 0.454 e. The summed E-state index contributed by atoms with van der Waals surface area (Å²) < 4.78 is 10.8. The van der Waals surface area contributed by atoms with Gasteiger partial charge in [0.25, 0.3) is 5.91 Å². The fraction of sp³-hybridized carbons (Fsp3) is 0.375. The van der Waals surface area contributed by atoms with Crippen LogP contribution in [0.5, 0.6) is 11.5 Å². The third kappa shape index (κ3) is 2.59. The molecule has 1 fully saturated rings. The molecule has 1 amide bonds. The molecule has 0 atom stereocenters. The van der Waals surface area contributed by atoms with Gasteiger partial charge in [-0.1, -0.05) is 0 Å². The number of rotatable bonds is 3. The molecule has 0 aliphatic carbocycles. The van der Waals surface area contributed by atoms with E-state index in [2.05, 4.69) is 4.99 Å². The fourth-order valence-electron chi connectivity index (χ4n) is 2.40. The third-order valence-corrected chi connectivity index (χ3v) is 4.59. The van der Waals surface area contributed by atoms with Gasteiger partial charge >= 0.3 is 0 Å². The molecule has 0 radical (unpaired) electrons. The molecule has 5 nitrogen and oxygen atoms in total. The number of fused-ring (bicyclic) bond motifs is 1. The van der Waals surface area contributed by atoms with E-state index in [-0.39, 0.29) is 12.7 Å². The number of benzene rings is 1. The van der Waals surface area contributed by atoms with Gasteiger partial charge in [-0.15, -0.1) is 0 Å². The number of aliphatic imine (C=N–C) groups is 1. The van der Waals surface area contributed by atoms with Crippen LogP contribution in [0.3, 0.4) is 0 Å². The lowest BCUT2D eigenvalue weighted by Crippen LogP contribution is -2.28. The number of ether oxygens (including phenoxy) is 2. The number of aryl methyl sites for hydroxylation is 1. The van der Waals surface area contributed by atoms with Crippen molar-refractivity contribution in [3.63, 3.8) is 0 Å². The Morgan fingerprint density at radius 2 is 2.05 bits per heavy atom. The Hall–Kier alpha value is -1.95. The van der Waals surface area contributed by atoms with Crippen molar-refractivity contribution in [1.29, 1.82) is 0 Å².